The van der Waals surface area contributed by atoms with Gasteiger partial charge in [-0.25, -0.2) is 0 Å². The van der Waals surface area contributed by atoms with Crippen molar-refractivity contribution in [3.63, 3.8) is 0 Å². The molecule has 1 saturated carbocycles. The largest absolute Gasteiger partial charge is 0.455 e. The van der Waals surface area contributed by atoms with E-state index in [4.69, 9.17) is 4.74 Å². The van der Waals surface area contributed by atoms with E-state index in [1.165, 1.54) is 11.8 Å². The van der Waals surface area contributed by atoms with E-state index in [-0.39, 0.29) is 30.3 Å². The first kappa shape index (κ1) is 18.3. The lowest BCUT2D eigenvalue weighted by atomic mass is 10.2. The molecule has 0 aromatic heterocycles. The maximum atomic E-state index is 11.8. The number of halogens is 1. The van der Waals surface area contributed by atoms with Gasteiger partial charge in [0.15, 0.2) is 6.61 Å². The van der Waals surface area contributed by atoms with Gasteiger partial charge in [-0.3, -0.25) is 9.59 Å². The highest BCUT2D eigenvalue weighted by molar-refractivity contribution is 9.10. The fourth-order valence-electron chi connectivity index (χ4n) is 2.57. The number of benzene rings is 1. The molecule has 6 heteroatoms. The van der Waals surface area contributed by atoms with Crippen LogP contribution in [0.5, 0.6) is 0 Å². The van der Waals surface area contributed by atoms with E-state index in [0.717, 1.165) is 46.2 Å². The molecule has 1 aromatic rings. The van der Waals surface area contributed by atoms with Crippen LogP contribution >= 0.6 is 27.7 Å². The topological polar surface area (TPSA) is 55.4 Å². The highest BCUT2D eigenvalue weighted by atomic mass is 79.9. The van der Waals surface area contributed by atoms with Crippen LogP contribution < -0.4 is 5.32 Å². The van der Waals surface area contributed by atoms with E-state index < -0.39 is 0 Å². The molecule has 0 atom stereocenters. The van der Waals surface area contributed by atoms with Crippen molar-refractivity contribution in [2.24, 2.45) is 0 Å². The van der Waals surface area contributed by atoms with Gasteiger partial charge in [-0.05, 0) is 49.9 Å². The van der Waals surface area contributed by atoms with E-state index in [2.05, 4.69) is 21.2 Å². The van der Waals surface area contributed by atoms with Gasteiger partial charge in [0.25, 0.3) is 5.91 Å². The van der Waals surface area contributed by atoms with Crippen molar-refractivity contribution in [1.82, 2.24) is 5.32 Å². The minimum absolute atomic E-state index is 0.186. The molecule has 1 aliphatic carbocycles. The van der Waals surface area contributed by atoms with Crippen molar-refractivity contribution in [1.29, 1.82) is 0 Å². The summed E-state index contributed by atoms with van der Waals surface area (Å²) in [6.07, 6.45) is 4.37. The van der Waals surface area contributed by atoms with Gasteiger partial charge in [-0.15, -0.1) is 11.8 Å². The smallest absolute Gasteiger partial charge is 0.316 e. The van der Waals surface area contributed by atoms with Crippen molar-refractivity contribution in [2.45, 2.75) is 50.5 Å². The minimum atomic E-state index is -0.364. The number of thioether (sulfide) groups is 1. The second kappa shape index (κ2) is 8.73. The number of rotatable bonds is 6. The summed E-state index contributed by atoms with van der Waals surface area (Å²) in [5.74, 6) is -0.360. The molecule has 0 aliphatic heterocycles. The van der Waals surface area contributed by atoms with Crippen LogP contribution in [0.2, 0.25) is 0 Å². The summed E-state index contributed by atoms with van der Waals surface area (Å²) < 4.78 is 6.11. The highest BCUT2D eigenvalue weighted by Gasteiger charge is 2.18. The van der Waals surface area contributed by atoms with Crippen molar-refractivity contribution < 1.29 is 14.3 Å². The van der Waals surface area contributed by atoms with Gasteiger partial charge in [-0.1, -0.05) is 28.8 Å². The zero-order chi connectivity index (χ0) is 16.8. The molecule has 1 amide bonds. The quantitative estimate of drug-likeness (QED) is 0.584. The van der Waals surface area contributed by atoms with E-state index in [1.54, 1.807) is 0 Å². The lowest BCUT2D eigenvalue weighted by molar-refractivity contribution is -0.146. The molecule has 0 heterocycles. The molecule has 2 rings (SSSR count). The fourth-order valence-corrected chi connectivity index (χ4v) is 3.94. The van der Waals surface area contributed by atoms with Crippen LogP contribution in [0.4, 0.5) is 0 Å². The molecule has 0 saturated heterocycles. The van der Waals surface area contributed by atoms with Gasteiger partial charge in [0.05, 0.1) is 5.75 Å². The third-order valence-corrected chi connectivity index (χ3v) is 5.87. The van der Waals surface area contributed by atoms with Gasteiger partial charge in [0, 0.05) is 15.4 Å². The van der Waals surface area contributed by atoms with Gasteiger partial charge in [0.2, 0.25) is 0 Å². The average Bonchev–Trinajstić information content (AvgIpc) is 3.00. The van der Waals surface area contributed by atoms with Crippen LogP contribution in [-0.4, -0.2) is 30.3 Å². The molecule has 0 unspecified atom stereocenters. The van der Waals surface area contributed by atoms with Crippen LogP contribution in [0, 0.1) is 13.8 Å². The monoisotopic (exact) mass is 399 g/mol. The van der Waals surface area contributed by atoms with Crippen LogP contribution in [0.3, 0.4) is 0 Å². The molecule has 1 N–H and O–H groups in total. The van der Waals surface area contributed by atoms with E-state index in [1.807, 2.05) is 26.0 Å². The second-order valence-corrected chi connectivity index (χ2v) is 7.74. The maximum absolute atomic E-state index is 11.8. The van der Waals surface area contributed by atoms with Gasteiger partial charge >= 0.3 is 5.97 Å². The molecule has 1 fully saturated rings. The average molecular weight is 400 g/mol. The summed E-state index contributed by atoms with van der Waals surface area (Å²) in [7, 11) is 0. The molecule has 0 bridgehead atoms. The highest BCUT2D eigenvalue weighted by Crippen LogP contribution is 2.28. The van der Waals surface area contributed by atoms with Gasteiger partial charge < -0.3 is 10.1 Å². The lowest BCUT2D eigenvalue weighted by Crippen LogP contribution is -2.36. The molecular formula is C17H22BrNO3S. The Morgan fingerprint density at radius 1 is 1.26 bits per heavy atom. The minimum Gasteiger partial charge on any atom is -0.455 e. The fraction of sp³-hybridized carbons (Fsp3) is 0.529. The Kier molecular flexibility index (Phi) is 6.96. The maximum Gasteiger partial charge on any atom is 0.316 e. The Labute approximate surface area is 149 Å². The van der Waals surface area contributed by atoms with Crippen LogP contribution in [0.25, 0.3) is 0 Å². The van der Waals surface area contributed by atoms with E-state index in [9.17, 15) is 9.59 Å². The van der Waals surface area contributed by atoms with Crippen molar-refractivity contribution >= 4 is 39.6 Å². The number of carbonyl (C=O) groups excluding carboxylic acids is 2. The summed E-state index contributed by atoms with van der Waals surface area (Å²) in [6, 6.07) is 4.34. The first-order chi connectivity index (χ1) is 11.0. The predicted octanol–water partition coefficient (Wildman–Crippen LogP) is 3.76. The normalized spacial score (nSPS) is 14.7. The summed E-state index contributed by atoms with van der Waals surface area (Å²) in [4.78, 5) is 24.6. The Bertz CT molecular complexity index is 585. The number of aryl methyl sites for hydroxylation is 2. The first-order valence-electron chi connectivity index (χ1n) is 7.80. The van der Waals surface area contributed by atoms with E-state index >= 15 is 0 Å². The van der Waals surface area contributed by atoms with Crippen molar-refractivity contribution in [3.8, 4) is 0 Å². The zero-order valence-electron chi connectivity index (χ0n) is 13.5. The molecule has 1 aromatic carbocycles. The Balaban J connectivity index is 1.72. The van der Waals surface area contributed by atoms with Gasteiger partial charge in [-0.2, -0.15) is 0 Å². The summed E-state index contributed by atoms with van der Waals surface area (Å²) in [5, 5.41) is 2.90. The Hall–Kier alpha value is -1.01. The van der Waals surface area contributed by atoms with E-state index in [0.29, 0.717) is 0 Å². The Morgan fingerprint density at radius 2 is 1.96 bits per heavy atom. The third-order valence-electron chi connectivity index (χ3n) is 3.89. The third kappa shape index (κ3) is 5.84. The van der Waals surface area contributed by atoms with Crippen LogP contribution in [0.15, 0.2) is 21.5 Å². The number of nitrogens with one attached hydrogen (secondary N) is 1. The van der Waals surface area contributed by atoms with Crippen LogP contribution in [0.1, 0.15) is 36.8 Å². The summed E-state index contributed by atoms with van der Waals surface area (Å²) >= 11 is 4.93. The van der Waals surface area contributed by atoms with Crippen molar-refractivity contribution in [3.05, 3.63) is 27.7 Å². The number of amides is 1. The number of carbonyl (C=O) groups is 2. The van der Waals surface area contributed by atoms with Crippen molar-refractivity contribution in [2.75, 3.05) is 12.4 Å². The molecule has 1 aliphatic rings. The van der Waals surface area contributed by atoms with Crippen LogP contribution in [-0.2, 0) is 14.3 Å². The molecule has 0 spiro atoms. The SMILES string of the molecule is Cc1cc(SCC(=O)OCC(=O)NC2CCCC2)c(C)cc1Br. The molecule has 4 nitrogen and oxygen atoms in total. The van der Waals surface area contributed by atoms with Gasteiger partial charge in [0.1, 0.15) is 0 Å². The Morgan fingerprint density at radius 3 is 2.65 bits per heavy atom. The molecular weight excluding hydrogens is 378 g/mol. The standard InChI is InChI=1S/C17H22BrNO3S/c1-11-8-15(12(2)7-14(11)18)23-10-17(21)22-9-16(20)19-13-5-3-4-6-13/h7-8,13H,3-6,9-10H2,1-2H3,(H,19,20). The summed E-state index contributed by atoms with van der Waals surface area (Å²) in [5.41, 5.74) is 2.24. The summed E-state index contributed by atoms with van der Waals surface area (Å²) in [6.45, 7) is 3.83. The predicted molar refractivity (Wildman–Crippen MR) is 95.7 cm³/mol. The number of esters is 1. The number of ether oxygens (including phenoxy) is 1. The molecule has 0 radical (unpaired) electrons. The molecule has 23 heavy (non-hydrogen) atoms. The molecule has 126 valence electrons. The number of hydrogen-bond acceptors (Lipinski definition) is 4. The zero-order valence-corrected chi connectivity index (χ0v) is 15.9. The lowest BCUT2D eigenvalue weighted by Gasteiger charge is -2.12. The second-order valence-electron chi connectivity index (χ2n) is 5.87. The first-order valence-corrected chi connectivity index (χ1v) is 9.58. The number of hydrogen-bond donors (Lipinski definition) is 1.